The summed E-state index contributed by atoms with van der Waals surface area (Å²) in [5.74, 6) is 1.90. The topological polar surface area (TPSA) is 24.4 Å². The minimum Gasteiger partial charge on any atom is -0.361 e. The van der Waals surface area contributed by atoms with Gasteiger partial charge in [0.2, 0.25) is 0 Å². The number of thioether (sulfide) groups is 1. The molecule has 2 nitrogen and oxygen atoms in total. The molecule has 0 aromatic carbocycles. The predicted molar refractivity (Wildman–Crippen MR) is 68.5 cm³/mol. The molecule has 0 spiro atoms. The van der Waals surface area contributed by atoms with Gasteiger partial charge in [0.1, 0.15) is 0 Å². The van der Waals surface area contributed by atoms with Crippen LogP contribution in [0.4, 0.5) is 0 Å². The molecule has 0 aromatic heterocycles. The van der Waals surface area contributed by atoms with Crippen molar-refractivity contribution in [3.8, 4) is 0 Å². The van der Waals surface area contributed by atoms with Gasteiger partial charge >= 0.3 is 0 Å². The Bertz CT molecular complexity index is 256. The molecule has 1 aliphatic heterocycles. The molecule has 15 heavy (non-hydrogen) atoms. The maximum Gasteiger partial charge on any atom is 0.156 e. The Morgan fingerprint density at radius 3 is 2.73 bits per heavy atom. The number of rotatable bonds is 4. The summed E-state index contributed by atoms with van der Waals surface area (Å²) in [5.41, 5.74) is 0.588. The summed E-state index contributed by atoms with van der Waals surface area (Å²) >= 11 is 1.90. The van der Waals surface area contributed by atoms with E-state index in [-0.39, 0.29) is 0 Å². The Kier molecular flexibility index (Phi) is 3.29. The van der Waals surface area contributed by atoms with Gasteiger partial charge in [0, 0.05) is 18.3 Å². The lowest BCUT2D eigenvalue weighted by Gasteiger charge is -2.13. The lowest BCUT2D eigenvalue weighted by Crippen LogP contribution is -2.31. The molecule has 1 atom stereocenters. The molecule has 0 bridgehead atoms. The van der Waals surface area contributed by atoms with E-state index in [0.717, 1.165) is 6.54 Å². The van der Waals surface area contributed by atoms with Gasteiger partial charge in [-0.25, -0.2) is 0 Å². The van der Waals surface area contributed by atoms with Gasteiger partial charge in [-0.05, 0) is 30.6 Å². The molecule has 2 fully saturated rings. The van der Waals surface area contributed by atoms with E-state index in [4.69, 9.17) is 4.99 Å². The maximum atomic E-state index is 4.73. The van der Waals surface area contributed by atoms with E-state index < -0.39 is 0 Å². The maximum absolute atomic E-state index is 4.73. The minimum atomic E-state index is 0.588. The van der Waals surface area contributed by atoms with Crippen LogP contribution in [0.25, 0.3) is 0 Å². The second-order valence-corrected chi connectivity index (χ2v) is 6.29. The van der Waals surface area contributed by atoms with Crippen LogP contribution in [0.1, 0.15) is 40.0 Å². The van der Waals surface area contributed by atoms with Crippen molar-refractivity contribution >= 4 is 16.9 Å². The van der Waals surface area contributed by atoms with Crippen LogP contribution in [0.2, 0.25) is 0 Å². The van der Waals surface area contributed by atoms with Crippen molar-refractivity contribution in [3.05, 3.63) is 0 Å². The fourth-order valence-corrected chi connectivity index (χ4v) is 3.10. The lowest BCUT2D eigenvalue weighted by atomic mass is 10.1. The van der Waals surface area contributed by atoms with Crippen molar-refractivity contribution < 1.29 is 0 Å². The standard InChI is InChI=1S/C12H22N2S/c1-4-12(5-6-12)8-13-11-14-10(7-15-11)9(2)3/h9-10H,4-8H2,1-3H3,(H,13,14). The molecule has 2 aliphatic rings. The zero-order chi connectivity index (χ0) is 10.9. The Labute approximate surface area is 97.3 Å². The average molecular weight is 226 g/mol. The quantitative estimate of drug-likeness (QED) is 0.797. The van der Waals surface area contributed by atoms with Crippen LogP contribution < -0.4 is 5.32 Å². The Morgan fingerprint density at radius 1 is 1.53 bits per heavy atom. The second kappa shape index (κ2) is 4.36. The van der Waals surface area contributed by atoms with Gasteiger partial charge in [-0.2, -0.15) is 0 Å². The fourth-order valence-electron chi connectivity index (χ4n) is 1.90. The summed E-state index contributed by atoms with van der Waals surface area (Å²) in [4.78, 5) is 4.73. The van der Waals surface area contributed by atoms with E-state index in [0.29, 0.717) is 17.4 Å². The summed E-state index contributed by atoms with van der Waals surface area (Å²) < 4.78 is 0. The van der Waals surface area contributed by atoms with E-state index in [1.165, 1.54) is 30.2 Å². The van der Waals surface area contributed by atoms with Crippen molar-refractivity contribution in [1.29, 1.82) is 0 Å². The van der Waals surface area contributed by atoms with Crippen LogP contribution in [0.15, 0.2) is 4.99 Å². The first kappa shape index (κ1) is 11.3. The molecule has 1 aliphatic carbocycles. The first-order chi connectivity index (χ1) is 7.15. The molecule has 1 unspecified atom stereocenters. The third-order valence-corrected chi connectivity index (χ3v) is 4.82. The van der Waals surface area contributed by atoms with E-state index in [1.807, 2.05) is 11.8 Å². The summed E-state index contributed by atoms with van der Waals surface area (Å²) in [7, 11) is 0. The number of nitrogens with one attached hydrogen (secondary N) is 1. The lowest BCUT2D eigenvalue weighted by molar-refractivity contribution is 0.493. The van der Waals surface area contributed by atoms with Gasteiger partial charge < -0.3 is 5.32 Å². The highest BCUT2D eigenvalue weighted by Crippen LogP contribution is 2.48. The van der Waals surface area contributed by atoms with Crippen molar-refractivity contribution in [2.45, 2.75) is 46.1 Å². The molecular weight excluding hydrogens is 204 g/mol. The Hall–Kier alpha value is -0.180. The monoisotopic (exact) mass is 226 g/mol. The summed E-state index contributed by atoms with van der Waals surface area (Å²) in [6.45, 7) is 7.88. The summed E-state index contributed by atoms with van der Waals surface area (Å²) in [5, 5.41) is 4.72. The largest absolute Gasteiger partial charge is 0.361 e. The average Bonchev–Trinajstić information content (AvgIpc) is 2.85. The van der Waals surface area contributed by atoms with Gasteiger partial charge in [0.25, 0.3) is 0 Å². The van der Waals surface area contributed by atoms with Crippen LogP contribution >= 0.6 is 11.8 Å². The van der Waals surface area contributed by atoms with Crippen molar-refractivity contribution in [2.75, 3.05) is 12.3 Å². The third-order valence-electron chi connectivity index (χ3n) is 3.78. The number of hydrogen-bond donors (Lipinski definition) is 1. The van der Waals surface area contributed by atoms with Gasteiger partial charge in [0.05, 0.1) is 0 Å². The molecule has 2 rings (SSSR count). The Balaban J connectivity index is 1.83. The van der Waals surface area contributed by atoms with E-state index in [1.54, 1.807) is 0 Å². The van der Waals surface area contributed by atoms with Crippen molar-refractivity contribution in [1.82, 2.24) is 5.32 Å². The third kappa shape index (κ3) is 2.68. The van der Waals surface area contributed by atoms with Crippen molar-refractivity contribution in [3.63, 3.8) is 0 Å². The van der Waals surface area contributed by atoms with Crippen LogP contribution in [-0.4, -0.2) is 23.5 Å². The highest BCUT2D eigenvalue weighted by atomic mass is 32.2. The predicted octanol–water partition coefficient (Wildman–Crippen LogP) is 2.89. The van der Waals surface area contributed by atoms with E-state index >= 15 is 0 Å². The zero-order valence-corrected chi connectivity index (χ0v) is 10.9. The number of aliphatic imine (C=N–C) groups is 1. The molecule has 1 saturated carbocycles. The number of amidine groups is 1. The van der Waals surface area contributed by atoms with Gasteiger partial charge in [-0.1, -0.05) is 32.5 Å². The molecule has 0 amide bonds. The van der Waals surface area contributed by atoms with Crippen LogP contribution in [0, 0.1) is 11.3 Å². The first-order valence-electron chi connectivity index (χ1n) is 6.09. The molecule has 1 saturated heterocycles. The highest BCUT2D eigenvalue weighted by molar-refractivity contribution is 8.14. The van der Waals surface area contributed by atoms with Crippen LogP contribution in [-0.2, 0) is 0 Å². The van der Waals surface area contributed by atoms with Gasteiger partial charge in [-0.3, -0.25) is 4.99 Å². The molecule has 3 heteroatoms. The first-order valence-corrected chi connectivity index (χ1v) is 7.07. The summed E-state index contributed by atoms with van der Waals surface area (Å²) in [6, 6.07) is 0.630. The second-order valence-electron chi connectivity index (χ2n) is 5.28. The normalized spacial score (nSPS) is 30.9. The molecular formula is C12H22N2S. The SMILES string of the molecule is CCC1(CN=C2NC(C(C)C)CS2)CC1. The van der Waals surface area contributed by atoms with Gasteiger partial charge in [0.15, 0.2) is 5.17 Å². The van der Waals surface area contributed by atoms with Crippen molar-refractivity contribution in [2.24, 2.45) is 16.3 Å². The number of hydrogen-bond acceptors (Lipinski definition) is 2. The Morgan fingerprint density at radius 2 is 2.27 bits per heavy atom. The smallest absolute Gasteiger partial charge is 0.156 e. The van der Waals surface area contributed by atoms with Crippen LogP contribution in [0.5, 0.6) is 0 Å². The van der Waals surface area contributed by atoms with Gasteiger partial charge in [-0.15, -0.1) is 0 Å². The van der Waals surface area contributed by atoms with E-state index in [9.17, 15) is 0 Å². The number of nitrogens with zero attached hydrogens (tertiary/aromatic N) is 1. The van der Waals surface area contributed by atoms with E-state index in [2.05, 4.69) is 26.1 Å². The molecule has 86 valence electrons. The molecule has 0 radical (unpaired) electrons. The fraction of sp³-hybridized carbons (Fsp3) is 0.917. The molecule has 1 heterocycles. The summed E-state index contributed by atoms with van der Waals surface area (Å²) in [6.07, 6.45) is 4.07. The highest BCUT2D eigenvalue weighted by Gasteiger charge is 2.40. The minimum absolute atomic E-state index is 0.588. The molecule has 1 N–H and O–H groups in total. The molecule has 0 aromatic rings. The zero-order valence-electron chi connectivity index (χ0n) is 10.0. The van der Waals surface area contributed by atoms with Crippen LogP contribution in [0.3, 0.4) is 0 Å².